The van der Waals surface area contributed by atoms with Crippen molar-refractivity contribution in [2.45, 2.75) is 18.9 Å². The predicted octanol–water partition coefficient (Wildman–Crippen LogP) is 1.01. The lowest BCUT2D eigenvalue weighted by Crippen LogP contribution is -2.30. The van der Waals surface area contributed by atoms with E-state index in [1.165, 1.54) is 11.0 Å². The van der Waals surface area contributed by atoms with Crippen molar-refractivity contribution in [2.24, 2.45) is 0 Å². The Bertz CT molecular complexity index is 472. The summed E-state index contributed by atoms with van der Waals surface area (Å²) in [5.41, 5.74) is 0. The summed E-state index contributed by atoms with van der Waals surface area (Å²) in [5, 5.41) is -0.622. The second-order valence-electron chi connectivity index (χ2n) is 3.07. The normalized spacial score (nSPS) is 11.4. The Hall–Kier alpha value is -1.34. The van der Waals surface area contributed by atoms with E-state index in [1.54, 1.807) is 13.8 Å². The van der Waals surface area contributed by atoms with Gasteiger partial charge in [-0.2, -0.15) is 8.42 Å². The molecule has 1 heterocycles. The monoisotopic (exact) mass is 247 g/mol. The highest BCUT2D eigenvalue weighted by molar-refractivity contribution is 7.85. The molecule has 0 atom stereocenters. The third kappa shape index (κ3) is 2.61. The van der Waals surface area contributed by atoms with E-state index in [9.17, 15) is 13.2 Å². The molecule has 0 aromatic carbocycles. The first-order chi connectivity index (χ1) is 7.40. The fourth-order valence-electron chi connectivity index (χ4n) is 1.24. The van der Waals surface area contributed by atoms with E-state index in [-0.39, 0.29) is 5.76 Å². The first-order valence-corrected chi connectivity index (χ1v) is 6.20. The standard InChI is InChI=1S/C9H13NO5S/c1-3-10(4-2)9(11)7-5-6-8(15-7)16(12,13)14/h5-6H,3-4H2,1-2H3,(H,12,13,14). The molecule has 7 heteroatoms. The average molecular weight is 247 g/mol. The van der Waals surface area contributed by atoms with Crippen LogP contribution in [0.2, 0.25) is 0 Å². The van der Waals surface area contributed by atoms with Gasteiger partial charge in [-0.3, -0.25) is 9.35 Å². The number of furan rings is 1. The van der Waals surface area contributed by atoms with Crippen molar-refractivity contribution in [1.82, 2.24) is 4.90 Å². The van der Waals surface area contributed by atoms with E-state index in [2.05, 4.69) is 0 Å². The van der Waals surface area contributed by atoms with E-state index >= 15 is 0 Å². The van der Waals surface area contributed by atoms with Crippen molar-refractivity contribution in [3.05, 3.63) is 17.9 Å². The van der Waals surface area contributed by atoms with Gasteiger partial charge in [0.05, 0.1) is 0 Å². The van der Waals surface area contributed by atoms with Gasteiger partial charge in [0.2, 0.25) is 5.09 Å². The van der Waals surface area contributed by atoms with Gasteiger partial charge >= 0.3 is 10.1 Å². The zero-order valence-electron chi connectivity index (χ0n) is 9.00. The Kier molecular flexibility index (Phi) is 3.71. The number of hydrogen-bond donors (Lipinski definition) is 1. The molecule has 1 amide bonds. The topological polar surface area (TPSA) is 87.8 Å². The average Bonchev–Trinajstić information content (AvgIpc) is 2.67. The molecule has 16 heavy (non-hydrogen) atoms. The third-order valence-electron chi connectivity index (χ3n) is 2.10. The van der Waals surface area contributed by atoms with Gasteiger partial charge in [0, 0.05) is 13.1 Å². The number of hydrogen-bond acceptors (Lipinski definition) is 4. The molecule has 0 aliphatic heterocycles. The fourth-order valence-corrected chi connectivity index (χ4v) is 1.68. The van der Waals surface area contributed by atoms with Crippen molar-refractivity contribution < 1.29 is 22.2 Å². The van der Waals surface area contributed by atoms with Gasteiger partial charge in [0.1, 0.15) is 0 Å². The first kappa shape index (κ1) is 12.7. The largest absolute Gasteiger partial charge is 0.437 e. The lowest BCUT2D eigenvalue weighted by Gasteiger charge is -2.16. The maximum atomic E-state index is 11.7. The van der Waals surface area contributed by atoms with Gasteiger partial charge in [-0.25, -0.2) is 0 Å². The van der Waals surface area contributed by atoms with Gasteiger partial charge < -0.3 is 9.32 Å². The van der Waals surface area contributed by atoms with E-state index in [1.807, 2.05) is 0 Å². The highest BCUT2D eigenvalue weighted by atomic mass is 32.2. The van der Waals surface area contributed by atoms with Crippen LogP contribution in [0.15, 0.2) is 21.6 Å². The number of amides is 1. The lowest BCUT2D eigenvalue weighted by molar-refractivity contribution is 0.0735. The minimum absolute atomic E-state index is 0.101. The van der Waals surface area contributed by atoms with Crippen molar-refractivity contribution in [3.8, 4) is 0 Å². The summed E-state index contributed by atoms with van der Waals surface area (Å²) in [7, 11) is -4.39. The maximum Gasteiger partial charge on any atom is 0.328 e. The van der Waals surface area contributed by atoms with Crippen LogP contribution >= 0.6 is 0 Å². The highest BCUT2D eigenvalue weighted by Gasteiger charge is 2.21. The molecule has 90 valence electrons. The fraction of sp³-hybridized carbons (Fsp3) is 0.444. The number of carbonyl (C=O) groups is 1. The molecule has 0 aliphatic rings. The van der Waals surface area contributed by atoms with Crippen molar-refractivity contribution in [1.29, 1.82) is 0 Å². The van der Waals surface area contributed by atoms with Gasteiger partial charge in [0.15, 0.2) is 5.76 Å². The molecule has 0 spiro atoms. The van der Waals surface area contributed by atoms with Crippen LogP contribution in [0, 0.1) is 0 Å². The molecule has 1 N–H and O–H groups in total. The summed E-state index contributed by atoms with van der Waals surface area (Å²) >= 11 is 0. The van der Waals surface area contributed by atoms with Crippen LogP contribution in [-0.2, 0) is 10.1 Å². The molecular weight excluding hydrogens is 234 g/mol. The van der Waals surface area contributed by atoms with Gasteiger partial charge in [-0.1, -0.05) is 0 Å². The van der Waals surface area contributed by atoms with Gasteiger partial charge in [-0.15, -0.1) is 0 Å². The highest BCUT2D eigenvalue weighted by Crippen LogP contribution is 2.15. The van der Waals surface area contributed by atoms with Crippen LogP contribution in [0.3, 0.4) is 0 Å². The van der Waals surface area contributed by atoms with Crippen molar-refractivity contribution >= 4 is 16.0 Å². The minimum Gasteiger partial charge on any atom is -0.437 e. The quantitative estimate of drug-likeness (QED) is 0.802. The Morgan fingerprint density at radius 2 is 1.94 bits per heavy atom. The summed E-state index contributed by atoms with van der Waals surface area (Å²) in [4.78, 5) is 13.2. The molecule has 0 saturated heterocycles. The Labute approximate surface area is 93.6 Å². The molecule has 1 aromatic heterocycles. The Morgan fingerprint density at radius 3 is 2.31 bits per heavy atom. The summed E-state index contributed by atoms with van der Waals surface area (Å²) in [6, 6.07) is 2.27. The molecule has 0 saturated carbocycles. The molecule has 1 rings (SSSR count). The number of carbonyl (C=O) groups excluding carboxylic acids is 1. The van der Waals surface area contributed by atoms with Crippen LogP contribution in [0.4, 0.5) is 0 Å². The molecule has 6 nitrogen and oxygen atoms in total. The summed E-state index contributed by atoms with van der Waals surface area (Å²) in [5.74, 6) is -0.503. The SMILES string of the molecule is CCN(CC)C(=O)c1ccc(S(=O)(=O)O)o1. The number of nitrogens with zero attached hydrogens (tertiary/aromatic N) is 1. The summed E-state index contributed by atoms with van der Waals surface area (Å²) < 4.78 is 34.9. The molecule has 0 radical (unpaired) electrons. The Morgan fingerprint density at radius 1 is 1.38 bits per heavy atom. The maximum absolute atomic E-state index is 11.7. The van der Waals surface area contributed by atoms with E-state index in [0.29, 0.717) is 13.1 Å². The van der Waals surface area contributed by atoms with Crippen molar-refractivity contribution in [2.75, 3.05) is 13.1 Å². The molecule has 0 fully saturated rings. The predicted molar refractivity (Wildman–Crippen MR) is 55.8 cm³/mol. The van der Waals surface area contributed by atoms with Crippen LogP contribution in [0.25, 0.3) is 0 Å². The molecule has 0 unspecified atom stereocenters. The second-order valence-corrected chi connectivity index (χ2v) is 4.42. The zero-order chi connectivity index (χ0) is 12.3. The smallest absolute Gasteiger partial charge is 0.328 e. The van der Waals surface area contributed by atoms with Crippen LogP contribution < -0.4 is 0 Å². The molecular formula is C9H13NO5S. The second kappa shape index (κ2) is 4.67. The molecule has 0 bridgehead atoms. The van der Waals surface area contributed by atoms with E-state index in [4.69, 9.17) is 8.97 Å². The van der Waals surface area contributed by atoms with E-state index < -0.39 is 21.1 Å². The van der Waals surface area contributed by atoms with Crippen LogP contribution in [0.1, 0.15) is 24.4 Å². The minimum atomic E-state index is -4.39. The Balaban J connectivity index is 2.99. The lowest BCUT2D eigenvalue weighted by atomic mass is 10.4. The van der Waals surface area contributed by atoms with Gasteiger partial charge in [-0.05, 0) is 26.0 Å². The van der Waals surface area contributed by atoms with Gasteiger partial charge in [0.25, 0.3) is 5.91 Å². The number of rotatable bonds is 4. The summed E-state index contributed by atoms with van der Waals surface area (Å²) in [6.45, 7) is 4.59. The first-order valence-electron chi connectivity index (χ1n) is 4.76. The van der Waals surface area contributed by atoms with Crippen LogP contribution in [0.5, 0.6) is 0 Å². The summed E-state index contributed by atoms with van der Waals surface area (Å²) in [6.07, 6.45) is 0. The molecule has 0 aliphatic carbocycles. The zero-order valence-corrected chi connectivity index (χ0v) is 9.82. The van der Waals surface area contributed by atoms with Crippen LogP contribution in [-0.4, -0.2) is 36.9 Å². The molecule has 1 aromatic rings. The third-order valence-corrected chi connectivity index (χ3v) is 2.82. The van der Waals surface area contributed by atoms with Crippen molar-refractivity contribution in [3.63, 3.8) is 0 Å². The van der Waals surface area contributed by atoms with E-state index in [0.717, 1.165) is 6.07 Å².